The fraction of sp³-hybridized carbons (Fsp3) is 0.211. The summed E-state index contributed by atoms with van der Waals surface area (Å²) in [6, 6.07) is 5.37. The van der Waals surface area contributed by atoms with E-state index in [4.69, 9.17) is 16.3 Å². The highest BCUT2D eigenvalue weighted by molar-refractivity contribution is 7.14. The first-order valence-corrected chi connectivity index (χ1v) is 10.2. The van der Waals surface area contributed by atoms with Gasteiger partial charge in [0.1, 0.15) is 11.1 Å². The van der Waals surface area contributed by atoms with Crippen LogP contribution in [0.5, 0.6) is 5.75 Å². The molecule has 9 nitrogen and oxygen atoms in total. The van der Waals surface area contributed by atoms with Crippen LogP contribution in [0, 0.1) is 0 Å². The molecule has 0 saturated carbocycles. The highest BCUT2D eigenvalue weighted by atomic mass is 35.5. The molecule has 154 valence electrons. The quantitative estimate of drug-likeness (QED) is 0.490. The SMILES string of the molecule is COc1ccc(-c2csc(NC(=O)CCn3cnc4c(cnn4C)c3=O)n2)cc1Cl. The van der Waals surface area contributed by atoms with Gasteiger partial charge in [-0.25, -0.2) is 9.97 Å². The van der Waals surface area contributed by atoms with E-state index < -0.39 is 0 Å². The first-order valence-electron chi connectivity index (χ1n) is 8.92. The van der Waals surface area contributed by atoms with Crippen LogP contribution in [-0.4, -0.2) is 37.3 Å². The number of amides is 1. The number of nitrogens with one attached hydrogen (secondary N) is 1. The molecule has 3 heterocycles. The molecule has 11 heteroatoms. The van der Waals surface area contributed by atoms with E-state index in [2.05, 4.69) is 20.4 Å². The molecule has 0 fully saturated rings. The fourth-order valence-corrected chi connectivity index (χ4v) is 3.91. The standard InChI is InChI=1S/C19H17ClN6O3S/c1-25-17-12(8-22-25)18(28)26(10-21-17)6-5-16(27)24-19-23-14(9-30-19)11-3-4-15(29-2)13(20)7-11/h3-4,7-10H,5-6H2,1-2H3,(H,23,24,27). The molecule has 0 bridgehead atoms. The molecule has 30 heavy (non-hydrogen) atoms. The van der Waals surface area contributed by atoms with E-state index >= 15 is 0 Å². The molecule has 4 rings (SSSR count). The van der Waals surface area contributed by atoms with Gasteiger partial charge < -0.3 is 10.1 Å². The van der Waals surface area contributed by atoms with Gasteiger partial charge in [-0.3, -0.25) is 18.8 Å². The number of carbonyl (C=O) groups is 1. The van der Waals surface area contributed by atoms with Gasteiger partial charge in [-0.15, -0.1) is 11.3 Å². The highest BCUT2D eigenvalue weighted by Gasteiger charge is 2.12. The van der Waals surface area contributed by atoms with Gasteiger partial charge in [0.05, 0.1) is 30.4 Å². The van der Waals surface area contributed by atoms with Crippen molar-refractivity contribution in [1.29, 1.82) is 0 Å². The normalized spacial score (nSPS) is 11.0. The molecule has 1 N–H and O–H groups in total. The van der Waals surface area contributed by atoms with E-state index in [0.717, 1.165) is 5.56 Å². The third-order valence-electron chi connectivity index (χ3n) is 4.50. The summed E-state index contributed by atoms with van der Waals surface area (Å²) in [5, 5.41) is 9.99. The Morgan fingerprint density at radius 3 is 2.97 bits per heavy atom. The van der Waals surface area contributed by atoms with Gasteiger partial charge in [0.15, 0.2) is 10.8 Å². The van der Waals surface area contributed by atoms with Gasteiger partial charge in [-0.05, 0) is 18.2 Å². The summed E-state index contributed by atoms with van der Waals surface area (Å²) in [5.41, 5.74) is 1.80. The average Bonchev–Trinajstić information content (AvgIpc) is 3.35. The number of hydrogen-bond donors (Lipinski definition) is 1. The maximum Gasteiger partial charge on any atom is 0.264 e. The Kier molecular flexibility index (Phi) is 5.51. The number of methoxy groups -OCH3 is 1. The van der Waals surface area contributed by atoms with E-state index in [9.17, 15) is 9.59 Å². The Labute approximate surface area is 179 Å². The van der Waals surface area contributed by atoms with Crippen LogP contribution < -0.4 is 15.6 Å². The second-order valence-electron chi connectivity index (χ2n) is 6.43. The summed E-state index contributed by atoms with van der Waals surface area (Å²) < 4.78 is 8.08. The minimum atomic E-state index is -0.248. The monoisotopic (exact) mass is 444 g/mol. The van der Waals surface area contributed by atoms with Crippen molar-refractivity contribution in [2.75, 3.05) is 12.4 Å². The van der Waals surface area contributed by atoms with Gasteiger partial charge in [0.2, 0.25) is 5.91 Å². The highest BCUT2D eigenvalue weighted by Crippen LogP contribution is 2.31. The number of aromatic nitrogens is 5. The lowest BCUT2D eigenvalue weighted by atomic mass is 10.2. The van der Waals surface area contributed by atoms with Gasteiger partial charge in [-0.2, -0.15) is 5.10 Å². The van der Waals surface area contributed by atoms with Crippen molar-refractivity contribution in [2.45, 2.75) is 13.0 Å². The molecular weight excluding hydrogens is 428 g/mol. The second kappa shape index (κ2) is 8.25. The van der Waals surface area contributed by atoms with Crippen molar-refractivity contribution in [3.63, 3.8) is 0 Å². The number of carbonyl (C=O) groups excluding carboxylic acids is 1. The number of nitrogens with zero attached hydrogens (tertiary/aromatic N) is 5. The zero-order valence-corrected chi connectivity index (χ0v) is 17.7. The van der Waals surface area contributed by atoms with Crippen LogP contribution in [0.15, 0.2) is 40.9 Å². The van der Waals surface area contributed by atoms with Crippen molar-refractivity contribution in [2.24, 2.45) is 7.05 Å². The summed E-state index contributed by atoms with van der Waals surface area (Å²) in [6.45, 7) is 0.203. The molecule has 0 atom stereocenters. The van der Waals surface area contributed by atoms with Crippen LogP contribution in [-0.2, 0) is 18.4 Å². The molecular formula is C19H17ClN6O3S. The Hall–Kier alpha value is -3.24. The van der Waals surface area contributed by atoms with Crippen LogP contribution in [0.2, 0.25) is 5.02 Å². The maximum absolute atomic E-state index is 12.5. The van der Waals surface area contributed by atoms with Crippen LogP contribution in [0.4, 0.5) is 5.13 Å². The minimum absolute atomic E-state index is 0.108. The van der Waals surface area contributed by atoms with Gasteiger partial charge >= 0.3 is 0 Å². The van der Waals surface area contributed by atoms with Crippen LogP contribution in [0.1, 0.15) is 6.42 Å². The Morgan fingerprint density at radius 2 is 2.20 bits per heavy atom. The number of thiazole rings is 1. The summed E-state index contributed by atoms with van der Waals surface area (Å²) >= 11 is 7.47. The molecule has 3 aromatic heterocycles. The Bertz CT molecular complexity index is 1300. The van der Waals surface area contributed by atoms with Crippen LogP contribution in [0.3, 0.4) is 0 Å². The molecule has 0 aliphatic carbocycles. The number of anilines is 1. The number of benzene rings is 1. The smallest absolute Gasteiger partial charge is 0.264 e. The van der Waals surface area contributed by atoms with E-state index in [0.29, 0.717) is 32.6 Å². The number of fused-ring (bicyclic) bond motifs is 1. The summed E-state index contributed by atoms with van der Waals surface area (Å²) in [5.74, 6) is 0.334. The lowest BCUT2D eigenvalue weighted by molar-refractivity contribution is -0.116. The predicted octanol–water partition coefficient (Wildman–Crippen LogP) is 2.94. The van der Waals surface area contributed by atoms with Crippen LogP contribution in [0.25, 0.3) is 22.3 Å². The molecule has 0 saturated heterocycles. The number of rotatable bonds is 6. The number of halogens is 1. The van der Waals surface area contributed by atoms with Crippen molar-refractivity contribution in [1.82, 2.24) is 24.3 Å². The maximum atomic E-state index is 12.5. The number of aryl methyl sites for hydroxylation is 2. The van der Waals surface area contributed by atoms with Gasteiger partial charge in [-0.1, -0.05) is 11.6 Å². The van der Waals surface area contributed by atoms with Crippen LogP contribution >= 0.6 is 22.9 Å². The van der Waals surface area contributed by atoms with E-state index in [1.807, 2.05) is 11.4 Å². The molecule has 0 radical (unpaired) electrons. The zero-order chi connectivity index (χ0) is 21.3. The first kappa shape index (κ1) is 20.0. The van der Waals surface area contributed by atoms with Crippen molar-refractivity contribution in [3.8, 4) is 17.0 Å². The van der Waals surface area contributed by atoms with Crippen molar-refractivity contribution in [3.05, 3.63) is 51.5 Å². The first-order chi connectivity index (χ1) is 14.5. The molecule has 1 amide bonds. The molecule has 0 aliphatic heterocycles. The summed E-state index contributed by atoms with van der Waals surface area (Å²) in [7, 11) is 3.27. The lowest BCUT2D eigenvalue weighted by Crippen LogP contribution is -2.23. The molecule has 1 aromatic carbocycles. The predicted molar refractivity (Wildman–Crippen MR) is 115 cm³/mol. The lowest BCUT2D eigenvalue weighted by Gasteiger charge is -2.05. The summed E-state index contributed by atoms with van der Waals surface area (Å²) in [6.07, 6.45) is 3.01. The third-order valence-corrected chi connectivity index (χ3v) is 5.55. The fourth-order valence-electron chi connectivity index (χ4n) is 2.92. The summed E-state index contributed by atoms with van der Waals surface area (Å²) in [4.78, 5) is 33.4. The molecule has 4 aromatic rings. The number of ether oxygens (including phenoxy) is 1. The molecule has 0 aliphatic rings. The zero-order valence-electron chi connectivity index (χ0n) is 16.1. The van der Waals surface area contributed by atoms with E-state index in [1.54, 1.807) is 26.3 Å². The molecule has 0 unspecified atom stereocenters. The third kappa shape index (κ3) is 3.91. The Balaban J connectivity index is 1.41. The molecule has 0 spiro atoms. The number of hydrogen-bond acceptors (Lipinski definition) is 7. The van der Waals surface area contributed by atoms with Crippen molar-refractivity contribution >= 4 is 45.0 Å². The largest absolute Gasteiger partial charge is 0.495 e. The Morgan fingerprint density at radius 1 is 1.37 bits per heavy atom. The van der Waals surface area contributed by atoms with Gasteiger partial charge in [0, 0.05) is 31.0 Å². The van der Waals surface area contributed by atoms with E-state index in [1.165, 1.54) is 33.1 Å². The van der Waals surface area contributed by atoms with Crippen molar-refractivity contribution < 1.29 is 9.53 Å². The second-order valence-corrected chi connectivity index (χ2v) is 7.70. The minimum Gasteiger partial charge on any atom is -0.495 e. The topological polar surface area (TPSA) is 104 Å². The van der Waals surface area contributed by atoms with Gasteiger partial charge in [0.25, 0.3) is 5.56 Å². The van der Waals surface area contributed by atoms with E-state index in [-0.39, 0.29) is 24.4 Å². The average molecular weight is 445 g/mol.